The van der Waals surface area contributed by atoms with E-state index in [1.807, 2.05) is 12.1 Å². The second-order valence-corrected chi connectivity index (χ2v) is 8.98. The van der Waals surface area contributed by atoms with Gasteiger partial charge < -0.3 is 28.4 Å². The zero-order valence-corrected chi connectivity index (χ0v) is 22.7. The van der Waals surface area contributed by atoms with Crippen molar-refractivity contribution in [3.05, 3.63) is 83.3 Å². The van der Waals surface area contributed by atoms with Gasteiger partial charge in [-0.3, -0.25) is 9.59 Å². The van der Waals surface area contributed by atoms with E-state index in [9.17, 15) is 22.8 Å². The van der Waals surface area contributed by atoms with E-state index in [4.69, 9.17) is 18.6 Å². The molecule has 3 rings (SSSR count). The fourth-order valence-corrected chi connectivity index (χ4v) is 4.08. The Morgan fingerprint density at radius 3 is 2.23 bits per heavy atom. The second kappa shape index (κ2) is 14.4. The number of alkyl halides is 3. The van der Waals surface area contributed by atoms with Gasteiger partial charge in [-0.1, -0.05) is 6.07 Å². The van der Waals surface area contributed by atoms with Gasteiger partial charge in [-0.15, -0.1) is 0 Å². The Hall–Kier alpha value is -3.99. The maximum Gasteiger partial charge on any atom is 0.416 e. The molecule has 0 aliphatic rings. The third-order valence-electron chi connectivity index (χ3n) is 6.25. The lowest BCUT2D eigenvalue weighted by molar-refractivity contribution is -0.137. The number of amides is 2. The molecule has 0 unspecified atom stereocenters. The predicted octanol–water partition coefficient (Wildman–Crippen LogP) is 5.07. The average molecular weight is 563 g/mol. The molecule has 0 fully saturated rings. The van der Waals surface area contributed by atoms with Crippen molar-refractivity contribution in [2.45, 2.75) is 25.6 Å². The van der Waals surface area contributed by atoms with Crippen LogP contribution in [-0.4, -0.2) is 69.2 Å². The first-order valence-electron chi connectivity index (χ1n) is 12.6. The summed E-state index contributed by atoms with van der Waals surface area (Å²) >= 11 is 0. The summed E-state index contributed by atoms with van der Waals surface area (Å²) in [5.41, 5.74) is 0.111. The smallest absolute Gasteiger partial charge is 0.416 e. The summed E-state index contributed by atoms with van der Waals surface area (Å²) in [6.07, 6.45) is -2.07. The highest BCUT2D eigenvalue weighted by Crippen LogP contribution is 2.29. The third kappa shape index (κ3) is 8.51. The second-order valence-electron chi connectivity index (χ2n) is 8.98. The lowest BCUT2D eigenvalue weighted by Gasteiger charge is -2.27. The summed E-state index contributed by atoms with van der Waals surface area (Å²) in [4.78, 5) is 29.7. The highest BCUT2D eigenvalue weighted by molar-refractivity contribution is 5.96. The van der Waals surface area contributed by atoms with Gasteiger partial charge in [-0.2, -0.15) is 13.2 Å². The number of ether oxygens (including phenoxy) is 3. The van der Waals surface area contributed by atoms with Gasteiger partial charge in [0.15, 0.2) is 11.5 Å². The van der Waals surface area contributed by atoms with Crippen molar-refractivity contribution in [3.63, 3.8) is 0 Å². The number of carbonyl (C=O) groups is 2. The van der Waals surface area contributed by atoms with Crippen molar-refractivity contribution in [2.75, 3.05) is 47.6 Å². The van der Waals surface area contributed by atoms with Crippen molar-refractivity contribution in [1.82, 2.24) is 9.80 Å². The average Bonchev–Trinajstić information content (AvgIpc) is 3.47. The van der Waals surface area contributed by atoms with Gasteiger partial charge in [0.25, 0.3) is 5.91 Å². The van der Waals surface area contributed by atoms with Crippen LogP contribution < -0.4 is 9.47 Å². The fourth-order valence-electron chi connectivity index (χ4n) is 4.08. The summed E-state index contributed by atoms with van der Waals surface area (Å²) in [5.74, 6) is 0.838. The topological polar surface area (TPSA) is 81.5 Å². The van der Waals surface area contributed by atoms with Gasteiger partial charge in [0.2, 0.25) is 5.91 Å². The fraction of sp³-hybridized carbons (Fsp3) is 0.379. The molecular weight excluding hydrogens is 529 g/mol. The van der Waals surface area contributed by atoms with Crippen molar-refractivity contribution in [2.24, 2.45) is 0 Å². The van der Waals surface area contributed by atoms with Crippen LogP contribution >= 0.6 is 0 Å². The van der Waals surface area contributed by atoms with E-state index in [-0.39, 0.29) is 31.1 Å². The van der Waals surface area contributed by atoms with Gasteiger partial charge in [-0.05, 0) is 66.9 Å². The number of furan rings is 1. The molecule has 0 aliphatic carbocycles. The minimum Gasteiger partial charge on any atom is -0.493 e. The first-order chi connectivity index (χ1) is 19.2. The number of methoxy groups -OCH3 is 3. The Bertz CT molecular complexity index is 1230. The van der Waals surface area contributed by atoms with Crippen LogP contribution in [0.3, 0.4) is 0 Å². The summed E-state index contributed by atoms with van der Waals surface area (Å²) in [7, 11) is 4.61. The molecule has 0 aliphatic heterocycles. The van der Waals surface area contributed by atoms with Crippen LogP contribution in [0, 0.1) is 0 Å². The molecule has 40 heavy (non-hydrogen) atoms. The molecule has 8 nitrogen and oxygen atoms in total. The molecule has 1 heterocycles. The van der Waals surface area contributed by atoms with Gasteiger partial charge in [-0.25, -0.2) is 0 Å². The van der Waals surface area contributed by atoms with E-state index >= 15 is 0 Å². The number of benzene rings is 2. The molecule has 0 atom stereocenters. The molecule has 2 amide bonds. The number of hydrogen-bond acceptors (Lipinski definition) is 6. The molecular formula is C29H33F3N2O6. The Morgan fingerprint density at radius 2 is 1.62 bits per heavy atom. The van der Waals surface area contributed by atoms with E-state index in [1.165, 1.54) is 18.3 Å². The van der Waals surface area contributed by atoms with Crippen LogP contribution in [-0.2, 0) is 28.7 Å². The highest BCUT2D eigenvalue weighted by atomic mass is 19.4. The number of hydrogen-bond donors (Lipinski definition) is 0. The monoisotopic (exact) mass is 562 g/mol. The maximum absolute atomic E-state index is 13.5. The first-order valence-corrected chi connectivity index (χ1v) is 12.6. The SMILES string of the molecule is COCCCN(CC(=O)N(CCc1ccc(OC)c(OC)c1)Cc1ccco1)C(=O)c1ccc(C(F)(F)F)cc1. The predicted molar refractivity (Wildman–Crippen MR) is 141 cm³/mol. The maximum atomic E-state index is 13.5. The van der Waals surface area contributed by atoms with Gasteiger partial charge in [0, 0.05) is 32.4 Å². The molecule has 2 aromatic carbocycles. The van der Waals surface area contributed by atoms with E-state index in [2.05, 4.69) is 0 Å². The molecule has 1 aromatic heterocycles. The molecule has 11 heteroatoms. The summed E-state index contributed by atoms with van der Waals surface area (Å²) in [6, 6.07) is 12.9. The Kier molecular flexibility index (Phi) is 11.0. The van der Waals surface area contributed by atoms with Crippen LogP contribution in [0.4, 0.5) is 13.2 Å². The molecule has 3 aromatic rings. The first kappa shape index (κ1) is 30.6. The van der Waals surface area contributed by atoms with Gasteiger partial charge in [0.05, 0.1) is 32.6 Å². The zero-order chi connectivity index (χ0) is 29.1. The number of carbonyl (C=O) groups excluding carboxylic acids is 2. The summed E-state index contributed by atoms with van der Waals surface area (Å²) < 4.78 is 60.2. The lowest BCUT2D eigenvalue weighted by atomic mass is 10.1. The van der Waals surface area contributed by atoms with Gasteiger partial charge >= 0.3 is 6.18 Å². The largest absolute Gasteiger partial charge is 0.493 e. The van der Waals surface area contributed by atoms with E-state index in [0.717, 1.165) is 29.8 Å². The summed E-state index contributed by atoms with van der Waals surface area (Å²) in [6.45, 7) is 0.759. The van der Waals surface area contributed by atoms with E-state index < -0.39 is 17.6 Å². The molecule has 0 radical (unpaired) electrons. The number of nitrogens with zero attached hydrogens (tertiary/aromatic N) is 2. The molecule has 0 saturated heterocycles. The van der Waals surface area contributed by atoms with Crippen molar-refractivity contribution in [3.8, 4) is 11.5 Å². The normalized spacial score (nSPS) is 11.2. The standard InChI is InChI=1S/C29H33F3N2O6/c1-37-16-5-14-34(28(36)22-8-10-23(11-9-22)29(30,31)32)20-27(35)33(19-24-6-4-17-40-24)15-13-21-7-12-25(38-2)26(18-21)39-3/h4,6-12,17-18H,5,13-16,19-20H2,1-3H3. The Balaban J connectivity index is 1.78. The highest BCUT2D eigenvalue weighted by Gasteiger charge is 2.31. The minimum atomic E-state index is -4.52. The van der Waals surface area contributed by atoms with Crippen LogP contribution in [0.1, 0.15) is 33.7 Å². The van der Waals surface area contributed by atoms with Gasteiger partial charge in [0.1, 0.15) is 12.3 Å². The van der Waals surface area contributed by atoms with Crippen molar-refractivity contribution >= 4 is 11.8 Å². The Labute approximate surface area is 231 Å². The zero-order valence-electron chi connectivity index (χ0n) is 22.7. The van der Waals surface area contributed by atoms with E-state index in [1.54, 1.807) is 37.3 Å². The van der Waals surface area contributed by atoms with Crippen LogP contribution in [0.5, 0.6) is 11.5 Å². The summed E-state index contributed by atoms with van der Waals surface area (Å²) in [5, 5.41) is 0. The van der Waals surface area contributed by atoms with Crippen LogP contribution in [0.25, 0.3) is 0 Å². The van der Waals surface area contributed by atoms with Crippen LogP contribution in [0.2, 0.25) is 0 Å². The molecule has 0 bridgehead atoms. The minimum absolute atomic E-state index is 0.0566. The quantitative estimate of drug-likeness (QED) is 0.256. The molecule has 0 saturated carbocycles. The Morgan fingerprint density at radius 1 is 0.900 bits per heavy atom. The van der Waals surface area contributed by atoms with Crippen LogP contribution in [0.15, 0.2) is 65.3 Å². The van der Waals surface area contributed by atoms with E-state index in [0.29, 0.717) is 43.3 Å². The van der Waals surface area contributed by atoms with Crippen molar-refractivity contribution < 1.29 is 41.4 Å². The molecule has 216 valence electrons. The lowest BCUT2D eigenvalue weighted by Crippen LogP contribution is -2.44. The molecule has 0 spiro atoms. The molecule has 0 N–H and O–H groups in total. The number of halogens is 3. The van der Waals surface area contributed by atoms with Crippen molar-refractivity contribution in [1.29, 1.82) is 0 Å². The third-order valence-corrected chi connectivity index (χ3v) is 6.25. The number of rotatable bonds is 14.